The number of esters is 1. The van der Waals surface area contributed by atoms with Crippen molar-refractivity contribution in [1.82, 2.24) is 0 Å². The molecule has 0 radical (unpaired) electrons. The van der Waals surface area contributed by atoms with Crippen molar-refractivity contribution in [3.63, 3.8) is 0 Å². The van der Waals surface area contributed by atoms with E-state index in [1.54, 1.807) is 30.3 Å². The van der Waals surface area contributed by atoms with Gasteiger partial charge in [-0.1, -0.05) is 93.6 Å². The van der Waals surface area contributed by atoms with Crippen LogP contribution in [-0.4, -0.2) is 44.0 Å². The van der Waals surface area contributed by atoms with Gasteiger partial charge in [-0.15, -0.1) is 0 Å². The monoisotopic (exact) mass is 606 g/mol. The van der Waals surface area contributed by atoms with Crippen LogP contribution in [0.15, 0.2) is 103 Å². The van der Waals surface area contributed by atoms with Crippen LogP contribution in [0.1, 0.15) is 54.2 Å². The average molecular weight is 607 g/mol. The number of carbonyl (C=O) groups is 3. The first kappa shape index (κ1) is 33.0. The molecular formula is C38H42N2O5. The van der Waals surface area contributed by atoms with Gasteiger partial charge in [0.25, 0.3) is 0 Å². The van der Waals surface area contributed by atoms with Gasteiger partial charge in [-0.3, -0.25) is 9.59 Å². The van der Waals surface area contributed by atoms with Crippen molar-refractivity contribution >= 4 is 29.0 Å². The third-order valence-electron chi connectivity index (χ3n) is 7.47. The molecule has 4 rings (SSSR count). The van der Waals surface area contributed by atoms with Crippen LogP contribution in [-0.2, 0) is 20.7 Å². The molecule has 234 valence electrons. The van der Waals surface area contributed by atoms with E-state index in [2.05, 4.69) is 5.32 Å². The summed E-state index contributed by atoms with van der Waals surface area (Å²) in [5.41, 5.74) is 3.98. The van der Waals surface area contributed by atoms with Gasteiger partial charge in [-0.25, -0.2) is 4.79 Å². The SMILES string of the molecule is COC(=O)C(Cc1ccc(OCCCN(C(=O)C(C)(C)C)c2ccccc2C)cc1)Nc1ccccc1C(=O)c1ccccc1. The average Bonchev–Trinajstić information content (AvgIpc) is 3.05. The molecule has 0 saturated heterocycles. The Morgan fingerprint density at radius 2 is 1.47 bits per heavy atom. The van der Waals surface area contributed by atoms with E-state index in [0.29, 0.717) is 48.6 Å². The lowest BCUT2D eigenvalue weighted by molar-refractivity contribution is -0.141. The minimum absolute atomic E-state index is 0.0713. The van der Waals surface area contributed by atoms with Crippen molar-refractivity contribution < 1.29 is 23.9 Å². The Balaban J connectivity index is 1.38. The Morgan fingerprint density at radius 1 is 0.822 bits per heavy atom. The van der Waals surface area contributed by atoms with Crippen LogP contribution in [0.2, 0.25) is 0 Å². The summed E-state index contributed by atoms with van der Waals surface area (Å²) in [7, 11) is 1.35. The molecule has 1 atom stereocenters. The van der Waals surface area contributed by atoms with E-state index < -0.39 is 17.4 Å². The van der Waals surface area contributed by atoms with Gasteiger partial charge in [0.05, 0.1) is 13.7 Å². The maximum Gasteiger partial charge on any atom is 0.328 e. The number of hydrogen-bond donors (Lipinski definition) is 1. The van der Waals surface area contributed by atoms with Gasteiger partial charge in [0.15, 0.2) is 5.78 Å². The second-order valence-electron chi connectivity index (χ2n) is 12.0. The van der Waals surface area contributed by atoms with E-state index >= 15 is 0 Å². The molecule has 0 bridgehead atoms. The van der Waals surface area contributed by atoms with Crippen molar-refractivity contribution in [2.45, 2.75) is 46.6 Å². The summed E-state index contributed by atoms with van der Waals surface area (Å²) in [6, 6.07) is 31.0. The first-order valence-electron chi connectivity index (χ1n) is 15.2. The van der Waals surface area contributed by atoms with E-state index in [1.807, 2.05) is 105 Å². The predicted molar refractivity (Wildman–Crippen MR) is 179 cm³/mol. The zero-order valence-electron chi connectivity index (χ0n) is 26.7. The lowest BCUT2D eigenvalue weighted by atomic mass is 9.94. The molecule has 0 aromatic heterocycles. The highest BCUT2D eigenvalue weighted by molar-refractivity contribution is 6.12. The highest BCUT2D eigenvalue weighted by atomic mass is 16.5. The number of nitrogens with one attached hydrogen (secondary N) is 1. The molecule has 7 nitrogen and oxygen atoms in total. The third-order valence-corrected chi connectivity index (χ3v) is 7.47. The Hall–Kier alpha value is -4.91. The zero-order chi connectivity index (χ0) is 32.4. The van der Waals surface area contributed by atoms with E-state index in [9.17, 15) is 14.4 Å². The number of anilines is 2. The summed E-state index contributed by atoms with van der Waals surface area (Å²) in [6.07, 6.45) is 1.01. The normalized spacial score (nSPS) is 11.8. The number of benzene rings is 4. The summed E-state index contributed by atoms with van der Waals surface area (Å²) in [6.45, 7) is 8.79. The molecule has 0 spiro atoms. The van der Waals surface area contributed by atoms with E-state index in [-0.39, 0.29) is 11.7 Å². The van der Waals surface area contributed by atoms with Crippen molar-refractivity contribution in [2.24, 2.45) is 5.41 Å². The highest BCUT2D eigenvalue weighted by Crippen LogP contribution is 2.27. The quantitative estimate of drug-likeness (QED) is 0.0979. The number of hydrogen-bond acceptors (Lipinski definition) is 6. The number of ether oxygens (including phenoxy) is 2. The van der Waals surface area contributed by atoms with Crippen LogP contribution in [0.4, 0.5) is 11.4 Å². The van der Waals surface area contributed by atoms with Crippen LogP contribution in [0, 0.1) is 12.3 Å². The van der Waals surface area contributed by atoms with Crippen LogP contribution in [0.25, 0.3) is 0 Å². The van der Waals surface area contributed by atoms with Crippen molar-refractivity contribution in [3.05, 3.63) is 125 Å². The summed E-state index contributed by atoms with van der Waals surface area (Å²) < 4.78 is 11.1. The molecule has 0 fully saturated rings. The van der Waals surface area contributed by atoms with Crippen molar-refractivity contribution in [3.8, 4) is 5.75 Å². The van der Waals surface area contributed by atoms with Gasteiger partial charge >= 0.3 is 5.97 Å². The fourth-order valence-electron chi connectivity index (χ4n) is 5.05. The molecule has 0 aliphatic heterocycles. The minimum Gasteiger partial charge on any atom is -0.494 e. The number of para-hydroxylation sites is 2. The first-order valence-corrected chi connectivity index (χ1v) is 15.2. The van der Waals surface area contributed by atoms with Crippen LogP contribution >= 0.6 is 0 Å². The molecule has 0 aliphatic carbocycles. The zero-order valence-corrected chi connectivity index (χ0v) is 26.7. The topological polar surface area (TPSA) is 84.9 Å². The molecule has 1 N–H and O–H groups in total. The predicted octanol–water partition coefficient (Wildman–Crippen LogP) is 7.27. The lowest BCUT2D eigenvalue weighted by Gasteiger charge is -2.30. The number of carbonyl (C=O) groups excluding carboxylic acids is 3. The molecule has 1 unspecified atom stereocenters. The highest BCUT2D eigenvalue weighted by Gasteiger charge is 2.29. The second-order valence-corrected chi connectivity index (χ2v) is 12.0. The summed E-state index contributed by atoms with van der Waals surface area (Å²) in [5.74, 6) is 0.209. The standard InChI is InChI=1S/C38H42N2O5/c1-27-14-9-12-19-34(27)40(37(43)38(2,3)4)24-13-25-45-30-22-20-28(21-23-30)26-33(36(42)44-5)39-32-18-11-10-17-31(32)35(41)29-15-7-6-8-16-29/h6-12,14-23,33,39H,13,24-26H2,1-5H3. The maximum atomic E-state index is 13.2. The van der Waals surface area contributed by atoms with Crippen molar-refractivity contribution in [2.75, 3.05) is 30.5 Å². The largest absolute Gasteiger partial charge is 0.494 e. The molecule has 0 heterocycles. The Bertz CT molecular complexity index is 1590. The van der Waals surface area contributed by atoms with Gasteiger partial charge in [0.2, 0.25) is 5.91 Å². The van der Waals surface area contributed by atoms with Crippen LogP contribution < -0.4 is 15.0 Å². The smallest absolute Gasteiger partial charge is 0.328 e. The molecule has 0 aliphatic rings. The lowest BCUT2D eigenvalue weighted by Crippen LogP contribution is -2.41. The fraction of sp³-hybridized carbons (Fsp3) is 0.289. The number of aryl methyl sites for hydroxylation is 1. The Morgan fingerprint density at radius 3 is 2.13 bits per heavy atom. The fourth-order valence-corrected chi connectivity index (χ4v) is 5.05. The van der Waals surface area contributed by atoms with Gasteiger partial charge in [0.1, 0.15) is 11.8 Å². The maximum absolute atomic E-state index is 13.2. The molecule has 7 heteroatoms. The van der Waals surface area contributed by atoms with E-state index in [1.165, 1.54) is 7.11 Å². The number of ketones is 1. The molecule has 4 aromatic rings. The molecule has 4 aromatic carbocycles. The minimum atomic E-state index is -0.709. The summed E-state index contributed by atoms with van der Waals surface area (Å²) in [5, 5.41) is 3.24. The Kier molecular flexibility index (Phi) is 11.1. The van der Waals surface area contributed by atoms with Crippen molar-refractivity contribution in [1.29, 1.82) is 0 Å². The number of amides is 1. The molecular weight excluding hydrogens is 564 g/mol. The van der Waals surface area contributed by atoms with E-state index in [4.69, 9.17) is 9.47 Å². The molecule has 1 amide bonds. The molecule has 45 heavy (non-hydrogen) atoms. The number of methoxy groups -OCH3 is 1. The van der Waals surface area contributed by atoms with Crippen LogP contribution in [0.3, 0.4) is 0 Å². The van der Waals surface area contributed by atoms with Gasteiger partial charge in [0, 0.05) is 40.9 Å². The summed E-state index contributed by atoms with van der Waals surface area (Å²) in [4.78, 5) is 41.1. The summed E-state index contributed by atoms with van der Waals surface area (Å²) >= 11 is 0. The van der Waals surface area contributed by atoms with Gasteiger partial charge in [-0.2, -0.15) is 0 Å². The Labute approximate surface area is 266 Å². The number of rotatable bonds is 13. The van der Waals surface area contributed by atoms with E-state index in [0.717, 1.165) is 16.8 Å². The third kappa shape index (κ3) is 8.82. The second kappa shape index (κ2) is 15.2. The van der Waals surface area contributed by atoms with Crippen LogP contribution in [0.5, 0.6) is 5.75 Å². The molecule has 0 saturated carbocycles. The van der Waals surface area contributed by atoms with Gasteiger partial charge in [-0.05, 0) is 54.8 Å². The van der Waals surface area contributed by atoms with Gasteiger partial charge < -0.3 is 19.7 Å². The number of nitrogens with zero attached hydrogens (tertiary/aromatic N) is 1. The first-order chi connectivity index (χ1) is 21.6.